The van der Waals surface area contributed by atoms with Gasteiger partial charge in [0.15, 0.2) is 0 Å². The molecule has 0 aromatic heterocycles. The number of para-hydroxylation sites is 1. The molecule has 0 bridgehead atoms. The molecular formula is C15H17ClN2. The van der Waals surface area contributed by atoms with E-state index in [-0.39, 0.29) is 0 Å². The Kier molecular flexibility index (Phi) is 3.78. The molecule has 0 fully saturated rings. The van der Waals surface area contributed by atoms with Crippen LogP contribution in [0.5, 0.6) is 0 Å². The van der Waals surface area contributed by atoms with Gasteiger partial charge in [-0.3, -0.25) is 0 Å². The number of nitrogen functional groups attached to an aromatic ring is 1. The zero-order valence-electron chi connectivity index (χ0n) is 10.6. The lowest BCUT2D eigenvalue weighted by Crippen LogP contribution is -1.99. The van der Waals surface area contributed by atoms with Gasteiger partial charge >= 0.3 is 0 Å². The third-order valence-corrected chi connectivity index (χ3v) is 3.41. The summed E-state index contributed by atoms with van der Waals surface area (Å²) in [5.74, 6) is 0. The lowest BCUT2D eigenvalue weighted by molar-refractivity contribution is 1.14. The zero-order chi connectivity index (χ0) is 13.1. The van der Waals surface area contributed by atoms with Gasteiger partial charge < -0.3 is 11.1 Å². The maximum absolute atomic E-state index is 6.04. The molecule has 2 rings (SSSR count). The van der Waals surface area contributed by atoms with Crippen molar-refractivity contribution in [2.45, 2.75) is 20.3 Å². The quantitative estimate of drug-likeness (QED) is 0.796. The summed E-state index contributed by atoms with van der Waals surface area (Å²) in [5, 5.41) is 4.07. The molecule has 2 nitrogen and oxygen atoms in total. The molecule has 0 saturated carbocycles. The summed E-state index contributed by atoms with van der Waals surface area (Å²) >= 11 is 6.04. The third kappa shape index (κ3) is 2.59. The maximum atomic E-state index is 6.04. The van der Waals surface area contributed by atoms with E-state index in [0.717, 1.165) is 23.4 Å². The van der Waals surface area contributed by atoms with Crippen molar-refractivity contribution in [2.75, 3.05) is 11.1 Å². The van der Waals surface area contributed by atoms with E-state index in [2.05, 4.69) is 24.4 Å². The Balaban J connectivity index is 2.37. The number of rotatable bonds is 3. The summed E-state index contributed by atoms with van der Waals surface area (Å²) in [4.78, 5) is 0. The van der Waals surface area contributed by atoms with Gasteiger partial charge in [-0.2, -0.15) is 0 Å². The Morgan fingerprint density at radius 1 is 1.17 bits per heavy atom. The fourth-order valence-electron chi connectivity index (χ4n) is 1.90. The number of benzene rings is 2. The normalized spacial score (nSPS) is 10.4. The minimum absolute atomic E-state index is 0.663. The third-order valence-electron chi connectivity index (χ3n) is 3.00. The lowest BCUT2D eigenvalue weighted by Gasteiger charge is -2.14. The Labute approximate surface area is 113 Å². The van der Waals surface area contributed by atoms with Crippen LogP contribution in [0.4, 0.5) is 17.1 Å². The lowest BCUT2D eigenvalue weighted by atomic mass is 10.1. The van der Waals surface area contributed by atoms with Crippen LogP contribution < -0.4 is 11.1 Å². The fraction of sp³-hybridized carbons (Fsp3) is 0.200. The molecule has 18 heavy (non-hydrogen) atoms. The minimum atomic E-state index is 0.663. The molecule has 0 aliphatic carbocycles. The first-order valence-electron chi connectivity index (χ1n) is 6.02. The van der Waals surface area contributed by atoms with Crippen LogP contribution in [0.15, 0.2) is 36.4 Å². The van der Waals surface area contributed by atoms with Crippen LogP contribution in [0.1, 0.15) is 18.1 Å². The van der Waals surface area contributed by atoms with Gasteiger partial charge in [-0.1, -0.05) is 36.7 Å². The first kappa shape index (κ1) is 12.8. The molecule has 0 aliphatic rings. The molecule has 0 atom stereocenters. The minimum Gasteiger partial charge on any atom is -0.397 e. The second-order valence-electron chi connectivity index (χ2n) is 4.32. The first-order valence-corrected chi connectivity index (χ1v) is 6.40. The van der Waals surface area contributed by atoms with Crippen LogP contribution in [-0.4, -0.2) is 0 Å². The average molecular weight is 261 g/mol. The highest BCUT2D eigenvalue weighted by Gasteiger charge is 2.06. The van der Waals surface area contributed by atoms with Gasteiger partial charge in [0, 0.05) is 10.7 Å². The molecule has 0 heterocycles. The Morgan fingerprint density at radius 3 is 2.61 bits per heavy atom. The van der Waals surface area contributed by atoms with E-state index in [1.165, 1.54) is 5.56 Å². The van der Waals surface area contributed by atoms with Crippen molar-refractivity contribution >= 4 is 28.7 Å². The van der Waals surface area contributed by atoms with E-state index < -0.39 is 0 Å². The number of anilines is 3. The first-order chi connectivity index (χ1) is 8.61. The fourth-order valence-corrected chi connectivity index (χ4v) is 2.07. The summed E-state index contributed by atoms with van der Waals surface area (Å²) in [6.07, 6.45) is 0.982. The number of aryl methyl sites for hydroxylation is 2. The SMILES string of the molecule is CCc1ccccc1Nc1cc(C)c(Cl)cc1N. The monoisotopic (exact) mass is 260 g/mol. The number of nitrogens with one attached hydrogen (secondary N) is 1. The Hall–Kier alpha value is -1.67. The topological polar surface area (TPSA) is 38.0 Å². The van der Waals surface area contributed by atoms with Gasteiger partial charge in [0.1, 0.15) is 0 Å². The number of nitrogens with two attached hydrogens (primary N) is 1. The van der Waals surface area contributed by atoms with Crippen LogP contribution in [0.25, 0.3) is 0 Å². The average Bonchev–Trinajstić information content (AvgIpc) is 2.36. The highest BCUT2D eigenvalue weighted by molar-refractivity contribution is 6.31. The van der Waals surface area contributed by atoms with E-state index in [1.807, 2.05) is 25.1 Å². The van der Waals surface area contributed by atoms with E-state index in [0.29, 0.717) is 10.7 Å². The van der Waals surface area contributed by atoms with Crippen LogP contribution in [0.3, 0.4) is 0 Å². The summed E-state index contributed by atoms with van der Waals surface area (Å²) in [5.41, 5.74) is 10.9. The molecule has 0 radical (unpaired) electrons. The van der Waals surface area contributed by atoms with Crippen LogP contribution >= 0.6 is 11.6 Å². The number of hydrogen-bond acceptors (Lipinski definition) is 2. The van der Waals surface area contributed by atoms with Crippen molar-refractivity contribution in [3.8, 4) is 0 Å². The predicted octanol–water partition coefficient (Wildman–Crippen LogP) is 4.54. The molecule has 0 aliphatic heterocycles. The van der Waals surface area contributed by atoms with Gasteiger partial charge in [0.05, 0.1) is 11.4 Å². The zero-order valence-corrected chi connectivity index (χ0v) is 11.4. The van der Waals surface area contributed by atoms with Crippen molar-refractivity contribution in [3.05, 3.63) is 52.5 Å². The Bertz CT molecular complexity index is 564. The van der Waals surface area contributed by atoms with E-state index in [9.17, 15) is 0 Å². The summed E-state index contributed by atoms with van der Waals surface area (Å²) in [7, 11) is 0. The van der Waals surface area contributed by atoms with Gasteiger partial charge in [-0.05, 0) is 42.7 Å². The van der Waals surface area contributed by atoms with Crippen molar-refractivity contribution in [1.82, 2.24) is 0 Å². The largest absolute Gasteiger partial charge is 0.397 e. The summed E-state index contributed by atoms with van der Waals surface area (Å²) in [6.45, 7) is 4.11. The van der Waals surface area contributed by atoms with Crippen molar-refractivity contribution in [3.63, 3.8) is 0 Å². The van der Waals surface area contributed by atoms with Crippen LogP contribution in [-0.2, 0) is 6.42 Å². The molecule has 94 valence electrons. The van der Waals surface area contributed by atoms with Crippen LogP contribution in [0, 0.1) is 6.92 Å². The van der Waals surface area contributed by atoms with Crippen molar-refractivity contribution in [2.24, 2.45) is 0 Å². The smallest absolute Gasteiger partial charge is 0.0621 e. The Morgan fingerprint density at radius 2 is 1.89 bits per heavy atom. The van der Waals surface area contributed by atoms with Gasteiger partial charge in [0.25, 0.3) is 0 Å². The molecule has 3 N–H and O–H groups in total. The molecule has 0 saturated heterocycles. The molecule has 0 spiro atoms. The molecule has 2 aromatic rings. The van der Waals surface area contributed by atoms with Crippen molar-refractivity contribution < 1.29 is 0 Å². The van der Waals surface area contributed by atoms with Gasteiger partial charge in [0.2, 0.25) is 0 Å². The second kappa shape index (κ2) is 5.32. The highest BCUT2D eigenvalue weighted by Crippen LogP contribution is 2.30. The van der Waals surface area contributed by atoms with E-state index >= 15 is 0 Å². The van der Waals surface area contributed by atoms with Gasteiger partial charge in [-0.25, -0.2) is 0 Å². The van der Waals surface area contributed by atoms with Crippen molar-refractivity contribution in [1.29, 1.82) is 0 Å². The standard InChI is InChI=1S/C15H17ClN2/c1-3-11-6-4-5-7-14(11)18-15-8-10(2)12(16)9-13(15)17/h4-9,18H,3,17H2,1-2H3. The number of hydrogen-bond donors (Lipinski definition) is 2. The predicted molar refractivity (Wildman–Crippen MR) is 79.7 cm³/mol. The van der Waals surface area contributed by atoms with E-state index in [1.54, 1.807) is 6.07 Å². The molecule has 3 heteroatoms. The highest BCUT2D eigenvalue weighted by atomic mass is 35.5. The number of halogens is 1. The summed E-state index contributed by atoms with van der Waals surface area (Å²) < 4.78 is 0. The molecule has 0 amide bonds. The molecule has 2 aromatic carbocycles. The summed E-state index contributed by atoms with van der Waals surface area (Å²) in [6, 6.07) is 12.0. The van der Waals surface area contributed by atoms with Crippen LogP contribution in [0.2, 0.25) is 5.02 Å². The molecule has 0 unspecified atom stereocenters. The van der Waals surface area contributed by atoms with E-state index in [4.69, 9.17) is 17.3 Å². The second-order valence-corrected chi connectivity index (χ2v) is 4.73. The maximum Gasteiger partial charge on any atom is 0.0621 e. The van der Waals surface area contributed by atoms with Gasteiger partial charge in [-0.15, -0.1) is 0 Å². The molecular weight excluding hydrogens is 244 g/mol.